The summed E-state index contributed by atoms with van der Waals surface area (Å²) in [6, 6.07) is 12.1. The molecule has 1 aliphatic rings. The van der Waals surface area contributed by atoms with Gasteiger partial charge in [-0.3, -0.25) is 0 Å². The zero-order chi connectivity index (χ0) is 17.6. The standard InChI is InChI=1S/C20H23Cl2NO2.ClH/c1-24-20-10-14(12-23-17-4-2-3-5-17)6-9-19(20)25-13-15-7-8-16(21)11-18(15)22;/h6-11,17,23H,2-5,12-13H2,1H3;1H. The third-order valence-electron chi connectivity index (χ3n) is 4.58. The molecule has 3 rings (SSSR count). The molecule has 1 aliphatic carbocycles. The monoisotopic (exact) mass is 415 g/mol. The van der Waals surface area contributed by atoms with Gasteiger partial charge in [-0.2, -0.15) is 0 Å². The summed E-state index contributed by atoms with van der Waals surface area (Å²) in [7, 11) is 1.66. The number of halogens is 3. The van der Waals surface area contributed by atoms with Gasteiger partial charge in [-0.25, -0.2) is 0 Å². The lowest BCUT2D eigenvalue weighted by Crippen LogP contribution is -2.25. The second-order valence-corrected chi connectivity index (χ2v) is 7.22. The van der Waals surface area contributed by atoms with Crippen molar-refractivity contribution in [2.75, 3.05) is 7.11 Å². The first-order valence-electron chi connectivity index (χ1n) is 8.63. The molecule has 0 radical (unpaired) electrons. The van der Waals surface area contributed by atoms with E-state index in [1.54, 1.807) is 19.2 Å². The molecule has 0 heterocycles. The predicted molar refractivity (Wildman–Crippen MR) is 110 cm³/mol. The van der Waals surface area contributed by atoms with E-state index in [1.165, 1.54) is 31.2 Å². The highest BCUT2D eigenvalue weighted by Gasteiger charge is 2.14. The van der Waals surface area contributed by atoms with E-state index in [-0.39, 0.29) is 12.4 Å². The van der Waals surface area contributed by atoms with Crippen molar-refractivity contribution in [2.24, 2.45) is 0 Å². The lowest BCUT2D eigenvalue weighted by atomic mass is 10.1. The second-order valence-electron chi connectivity index (χ2n) is 6.37. The van der Waals surface area contributed by atoms with Crippen molar-refractivity contribution in [3.8, 4) is 11.5 Å². The first-order valence-corrected chi connectivity index (χ1v) is 9.38. The second kappa shape index (κ2) is 10.3. The van der Waals surface area contributed by atoms with E-state index in [9.17, 15) is 0 Å². The molecule has 0 aliphatic heterocycles. The number of nitrogens with one attached hydrogen (secondary N) is 1. The van der Waals surface area contributed by atoms with Gasteiger partial charge in [-0.15, -0.1) is 12.4 Å². The van der Waals surface area contributed by atoms with E-state index >= 15 is 0 Å². The lowest BCUT2D eigenvalue weighted by molar-refractivity contribution is 0.284. The molecule has 1 fully saturated rings. The van der Waals surface area contributed by atoms with E-state index in [2.05, 4.69) is 11.4 Å². The molecular weight excluding hydrogens is 393 g/mol. The summed E-state index contributed by atoms with van der Waals surface area (Å²) in [4.78, 5) is 0. The fourth-order valence-corrected chi connectivity index (χ4v) is 3.59. The Hall–Kier alpha value is -1.13. The highest BCUT2D eigenvalue weighted by Crippen LogP contribution is 2.30. The fourth-order valence-electron chi connectivity index (χ4n) is 3.13. The Morgan fingerprint density at radius 1 is 1.04 bits per heavy atom. The summed E-state index contributed by atoms with van der Waals surface area (Å²) < 4.78 is 11.4. The highest BCUT2D eigenvalue weighted by molar-refractivity contribution is 6.35. The quantitative estimate of drug-likeness (QED) is 0.597. The minimum Gasteiger partial charge on any atom is -0.493 e. The minimum absolute atomic E-state index is 0. The van der Waals surface area contributed by atoms with Crippen LogP contribution in [0, 0.1) is 0 Å². The zero-order valence-corrected chi connectivity index (χ0v) is 17.1. The van der Waals surface area contributed by atoms with E-state index in [0.29, 0.717) is 28.4 Å². The summed E-state index contributed by atoms with van der Waals surface area (Å²) in [6.07, 6.45) is 5.22. The molecule has 0 unspecified atom stereocenters. The Morgan fingerprint density at radius 3 is 2.50 bits per heavy atom. The average Bonchev–Trinajstić information content (AvgIpc) is 3.13. The van der Waals surface area contributed by atoms with Gasteiger partial charge in [0.25, 0.3) is 0 Å². The molecule has 2 aromatic carbocycles. The molecule has 3 nitrogen and oxygen atoms in total. The molecule has 0 bridgehead atoms. The van der Waals surface area contributed by atoms with Crippen molar-refractivity contribution in [1.82, 2.24) is 5.32 Å². The van der Waals surface area contributed by atoms with Crippen molar-refractivity contribution in [3.63, 3.8) is 0 Å². The number of ether oxygens (including phenoxy) is 2. The smallest absolute Gasteiger partial charge is 0.161 e. The minimum atomic E-state index is 0. The molecule has 26 heavy (non-hydrogen) atoms. The van der Waals surface area contributed by atoms with Crippen LogP contribution in [0.2, 0.25) is 10.0 Å². The molecule has 0 spiro atoms. The van der Waals surface area contributed by atoms with E-state index < -0.39 is 0 Å². The fraction of sp³-hybridized carbons (Fsp3) is 0.400. The summed E-state index contributed by atoms with van der Waals surface area (Å²) in [5, 5.41) is 4.83. The predicted octanol–water partition coefficient (Wildman–Crippen LogP) is 6.04. The van der Waals surface area contributed by atoms with Gasteiger partial charge in [-0.05, 0) is 42.7 Å². The highest BCUT2D eigenvalue weighted by atomic mass is 35.5. The molecule has 0 amide bonds. The van der Waals surface area contributed by atoms with Crippen LogP contribution in [0.5, 0.6) is 11.5 Å². The van der Waals surface area contributed by atoms with Gasteiger partial charge in [0.2, 0.25) is 0 Å². The van der Waals surface area contributed by atoms with E-state index in [1.807, 2.05) is 18.2 Å². The Kier molecular flexibility index (Phi) is 8.36. The van der Waals surface area contributed by atoms with Crippen LogP contribution >= 0.6 is 35.6 Å². The molecule has 1 N–H and O–H groups in total. The van der Waals surface area contributed by atoms with Crippen molar-refractivity contribution >= 4 is 35.6 Å². The topological polar surface area (TPSA) is 30.5 Å². The van der Waals surface area contributed by atoms with Crippen molar-refractivity contribution in [1.29, 1.82) is 0 Å². The van der Waals surface area contributed by atoms with Crippen LogP contribution in [0.25, 0.3) is 0 Å². The van der Waals surface area contributed by atoms with Crippen LogP contribution in [0.3, 0.4) is 0 Å². The summed E-state index contributed by atoms with van der Waals surface area (Å²) >= 11 is 12.1. The maximum absolute atomic E-state index is 6.19. The van der Waals surface area contributed by atoms with Gasteiger partial charge in [0, 0.05) is 28.2 Å². The number of hydrogen-bond donors (Lipinski definition) is 1. The maximum atomic E-state index is 6.19. The van der Waals surface area contributed by atoms with Crippen LogP contribution in [0.4, 0.5) is 0 Å². The molecule has 0 aromatic heterocycles. The summed E-state index contributed by atoms with van der Waals surface area (Å²) in [6.45, 7) is 1.22. The van der Waals surface area contributed by atoms with Gasteiger partial charge >= 0.3 is 0 Å². The van der Waals surface area contributed by atoms with Gasteiger partial charge in [-0.1, -0.05) is 48.2 Å². The molecule has 6 heteroatoms. The average molecular weight is 417 g/mol. The van der Waals surface area contributed by atoms with Gasteiger partial charge < -0.3 is 14.8 Å². The maximum Gasteiger partial charge on any atom is 0.161 e. The third-order valence-corrected chi connectivity index (χ3v) is 5.16. The SMILES string of the molecule is COc1cc(CNC2CCCC2)ccc1OCc1ccc(Cl)cc1Cl.Cl. The lowest BCUT2D eigenvalue weighted by Gasteiger charge is -2.15. The normalized spacial score (nSPS) is 14.1. The Bertz CT molecular complexity index is 718. The molecule has 2 aromatic rings. The molecule has 1 saturated carbocycles. The summed E-state index contributed by atoms with van der Waals surface area (Å²) in [5.74, 6) is 1.44. The Labute approximate surface area is 171 Å². The van der Waals surface area contributed by atoms with Crippen LogP contribution in [-0.4, -0.2) is 13.2 Å². The van der Waals surface area contributed by atoms with Crippen molar-refractivity contribution in [3.05, 3.63) is 57.6 Å². The number of rotatable bonds is 7. The summed E-state index contributed by atoms with van der Waals surface area (Å²) in [5.41, 5.74) is 2.08. The van der Waals surface area contributed by atoms with Crippen LogP contribution in [0.15, 0.2) is 36.4 Å². The molecular formula is C20H24Cl3NO2. The first kappa shape index (κ1) is 21.2. The number of benzene rings is 2. The van der Waals surface area contributed by atoms with Crippen LogP contribution in [0.1, 0.15) is 36.8 Å². The van der Waals surface area contributed by atoms with Gasteiger partial charge in [0.05, 0.1) is 7.11 Å². The number of methoxy groups -OCH3 is 1. The van der Waals surface area contributed by atoms with Crippen molar-refractivity contribution in [2.45, 2.75) is 44.9 Å². The Balaban J connectivity index is 0.00000243. The van der Waals surface area contributed by atoms with Crippen LogP contribution < -0.4 is 14.8 Å². The van der Waals surface area contributed by atoms with E-state index in [4.69, 9.17) is 32.7 Å². The largest absolute Gasteiger partial charge is 0.493 e. The van der Waals surface area contributed by atoms with Crippen LogP contribution in [-0.2, 0) is 13.2 Å². The van der Waals surface area contributed by atoms with E-state index in [0.717, 1.165) is 17.9 Å². The molecule has 142 valence electrons. The van der Waals surface area contributed by atoms with Gasteiger partial charge in [0.1, 0.15) is 6.61 Å². The molecule has 0 atom stereocenters. The van der Waals surface area contributed by atoms with Crippen molar-refractivity contribution < 1.29 is 9.47 Å². The Morgan fingerprint density at radius 2 is 1.81 bits per heavy atom. The number of hydrogen-bond acceptors (Lipinski definition) is 3. The zero-order valence-electron chi connectivity index (χ0n) is 14.8. The molecule has 0 saturated heterocycles. The third kappa shape index (κ3) is 5.68. The van der Waals surface area contributed by atoms with Gasteiger partial charge in [0.15, 0.2) is 11.5 Å². The first-order chi connectivity index (χ1) is 12.2.